The molecule has 0 spiro atoms. The van der Waals surface area contributed by atoms with E-state index in [-0.39, 0.29) is 5.54 Å². The molecule has 104 valence electrons. The van der Waals surface area contributed by atoms with Crippen LogP contribution in [0.15, 0.2) is 18.2 Å². The molecule has 0 unspecified atom stereocenters. The third-order valence-corrected chi connectivity index (χ3v) is 4.35. The van der Waals surface area contributed by atoms with Crippen molar-refractivity contribution in [1.82, 2.24) is 9.88 Å². The van der Waals surface area contributed by atoms with E-state index in [1.807, 2.05) is 18.2 Å². The van der Waals surface area contributed by atoms with Gasteiger partial charge in [-0.2, -0.15) is 0 Å². The van der Waals surface area contributed by atoms with Gasteiger partial charge in [0.2, 0.25) is 0 Å². The summed E-state index contributed by atoms with van der Waals surface area (Å²) in [5, 5.41) is 0. The van der Waals surface area contributed by atoms with E-state index in [4.69, 9.17) is 18.0 Å². The van der Waals surface area contributed by atoms with Crippen LogP contribution >= 0.6 is 12.2 Å². The van der Waals surface area contributed by atoms with Crippen molar-refractivity contribution < 1.29 is 0 Å². The average Bonchev–Trinajstić information content (AvgIpc) is 2.33. The SMILES string of the molecule is CN(CC1(N(C)C)CCC1)c1cccc(C(N)=S)n1. The molecule has 1 saturated carbocycles. The lowest BCUT2D eigenvalue weighted by Gasteiger charge is -2.49. The van der Waals surface area contributed by atoms with Gasteiger partial charge in [-0.1, -0.05) is 18.3 Å². The maximum absolute atomic E-state index is 5.64. The molecule has 0 saturated heterocycles. The highest BCUT2D eigenvalue weighted by Gasteiger charge is 2.40. The molecule has 0 amide bonds. The fraction of sp³-hybridized carbons (Fsp3) is 0.571. The van der Waals surface area contributed by atoms with Crippen molar-refractivity contribution >= 4 is 23.0 Å². The molecule has 1 aliphatic rings. The Kier molecular flexibility index (Phi) is 4.06. The molecule has 1 aromatic heterocycles. The molecule has 4 nitrogen and oxygen atoms in total. The van der Waals surface area contributed by atoms with E-state index in [0.29, 0.717) is 10.7 Å². The van der Waals surface area contributed by atoms with Crippen molar-refractivity contribution in [2.75, 3.05) is 32.6 Å². The average molecular weight is 278 g/mol. The van der Waals surface area contributed by atoms with Crippen LogP contribution in [-0.2, 0) is 0 Å². The van der Waals surface area contributed by atoms with Crippen molar-refractivity contribution in [3.8, 4) is 0 Å². The van der Waals surface area contributed by atoms with Gasteiger partial charge in [0.05, 0.1) is 5.69 Å². The lowest BCUT2D eigenvalue weighted by Crippen LogP contribution is -2.56. The van der Waals surface area contributed by atoms with Gasteiger partial charge in [0.25, 0.3) is 0 Å². The number of thiocarbonyl (C=S) groups is 1. The number of hydrogen-bond donors (Lipinski definition) is 1. The predicted octanol–water partition coefficient (Wildman–Crippen LogP) is 1.64. The molecule has 5 heteroatoms. The molecular formula is C14H22N4S. The van der Waals surface area contributed by atoms with Gasteiger partial charge >= 0.3 is 0 Å². The van der Waals surface area contributed by atoms with Crippen LogP contribution in [0.1, 0.15) is 25.0 Å². The van der Waals surface area contributed by atoms with Crippen LogP contribution in [0.5, 0.6) is 0 Å². The van der Waals surface area contributed by atoms with E-state index in [0.717, 1.165) is 12.4 Å². The Hall–Kier alpha value is -1.20. The van der Waals surface area contributed by atoms with Gasteiger partial charge in [-0.15, -0.1) is 0 Å². The molecule has 0 atom stereocenters. The summed E-state index contributed by atoms with van der Waals surface area (Å²) in [5.41, 5.74) is 6.61. The monoisotopic (exact) mass is 278 g/mol. The van der Waals surface area contributed by atoms with E-state index in [1.165, 1.54) is 19.3 Å². The zero-order chi connectivity index (χ0) is 14.0. The zero-order valence-corrected chi connectivity index (χ0v) is 12.7. The van der Waals surface area contributed by atoms with Crippen LogP contribution in [0.25, 0.3) is 0 Å². The Morgan fingerprint density at radius 2 is 2.05 bits per heavy atom. The van der Waals surface area contributed by atoms with Gasteiger partial charge < -0.3 is 15.5 Å². The second-order valence-electron chi connectivity index (χ2n) is 5.57. The Morgan fingerprint density at radius 1 is 1.37 bits per heavy atom. The largest absolute Gasteiger partial charge is 0.388 e. The van der Waals surface area contributed by atoms with E-state index in [2.05, 4.69) is 35.9 Å². The van der Waals surface area contributed by atoms with Crippen molar-refractivity contribution in [1.29, 1.82) is 0 Å². The molecule has 0 aliphatic heterocycles. The van der Waals surface area contributed by atoms with Crippen LogP contribution in [-0.4, -0.2) is 48.1 Å². The molecule has 2 rings (SSSR count). The van der Waals surface area contributed by atoms with Crippen LogP contribution in [0.3, 0.4) is 0 Å². The normalized spacial score (nSPS) is 17.1. The van der Waals surface area contributed by atoms with Gasteiger partial charge in [-0.05, 0) is 45.5 Å². The fourth-order valence-corrected chi connectivity index (χ4v) is 2.74. The Morgan fingerprint density at radius 3 is 2.53 bits per heavy atom. The first kappa shape index (κ1) is 14.2. The second-order valence-corrected chi connectivity index (χ2v) is 6.01. The van der Waals surface area contributed by atoms with Gasteiger partial charge in [0.15, 0.2) is 0 Å². The summed E-state index contributed by atoms with van der Waals surface area (Å²) in [7, 11) is 6.40. The van der Waals surface area contributed by atoms with E-state index >= 15 is 0 Å². The summed E-state index contributed by atoms with van der Waals surface area (Å²) in [6, 6.07) is 5.81. The van der Waals surface area contributed by atoms with Crippen molar-refractivity contribution in [2.24, 2.45) is 5.73 Å². The van der Waals surface area contributed by atoms with Crippen molar-refractivity contribution in [3.63, 3.8) is 0 Å². The van der Waals surface area contributed by atoms with Crippen LogP contribution in [0.4, 0.5) is 5.82 Å². The highest BCUT2D eigenvalue weighted by Crippen LogP contribution is 2.37. The first-order valence-electron chi connectivity index (χ1n) is 6.60. The summed E-state index contributed by atoms with van der Waals surface area (Å²) in [5.74, 6) is 0.929. The molecule has 1 aromatic rings. The van der Waals surface area contributed by atoms with E-state index in [1.54, 1.807) is 0 Å². The van der Waals surface area contributed by atoms with Gasteiger partial charge in [-0.25, -0.2) is 4.98 Å². The lowest BCUT2D eigenvalue weighted by atomic mass is 9.75. The van der Waals surface area contributed by atoms with E-state index < -0.39 is 0 Å². The van der Waals surface area contributed by atoms with Crippen LogP contribution < -0.4 is 10.6 Å². The highest BCUT2D eigenvalue weighted by molar-refractivity contribution is 7.80. The third kappa shape index (κ3) is 2.87. The maximum Gasteiger partial charge on any atom is 0.129 e. The number of nitrogens with two attached hydrogens (primary N) is 1. The lowest BCUT2D eigenvalue weighted by molar-refractivity contribution is 0.0682. The number of anilines is 1. The molecule has 0 aromatic carbocycles. The number of aromatic nitrogens is 1. The van der Waals surface area contributed by atoms with Crippen molar-refractivity contribution in [2.45, 2.75) is 24.8 Å². The van der Waals surface area contributed by atoms with Gasteiger partial charge in [-0.3, -0.25) is 0 Å². The Balaban J connectivity index is 2.13. The predicted molar refractivity (Wildman–Crippen MR) is 83.7 cm³/mol. The van der Waals surface area contributed by atoms with Crippen LogP contribution in [0, 0.1) is 0 Å². The maximum atomic E-state index is 5.64. The minimum absolute atomic E-state index is 0.287. The summed E-state index contributed by atoms with van der Waals surface area (Å²) in [6.07, 6.45) is 3.81. The molecule has 19 heavy (non-hydrogen) atoms. The number of nitrogens with zero attached hydrogens (tertiary/aromatic N) is 3. The zero-order valence-electron chi connectivity index (χ0n) is 11.9. The summed E-state index contributed by atoms with van der Waals surface area (Å²) in [6.45, 7) is 0.980. The highest BCUT2D eigenvalue weighted by atomic mass is 32.1. The fourth-order valence-electron chi connectivity index (χ4n) is 2.63. The molecule has 0 radical (unpaired) electrons. The molecule has 2 N–H and O–H groups in total. The molecular weight excluding hydrogens is 256 g/mol. The van der Waals surface area contributed by atoms with Gasteiger partial charge in [0.1, 0.15) is 10.8 Å². The Labute approximate surface area is 120 Å². The summed E-state index contributed by atoms with van der Waals surface area (Å²) >= 11 is 4.98. The first-order valence-corrected chi connectivity index (χ1v) is 7.01. The quantitative estimate of drug-likeness (QED) is 0.830. The summed E-state index contributed by atoms with van der Waals surface area (Å²) in [4.78, 5) is 9.40. The van der Waals surface area contributed by atoms with Crippen molar-refractivity contribution in [3.05, 3.63) is 23.9 Å². The smallest absolute Gasteiger partial charge is 0.129 e. The molecule has 0 bridgehead atoms. The standard InChI is InChI=1S/C14H22N4S/c1-17(2)14(8-5-9-14)10-18(3)12-7-4-6-11(16-12)13(15)19/h4,6-7H,5,8-10H2,1-3H3,(H2,15,19). The number of pyridine rings is 1. The number of hydrogen-bond acceptors (Lipinski definition) is 4. The molecule has 1 heterocycles. The first-order chi connectivity index (χ1) is 8.94. The van der Waals surface area contributed by atoms with Gasteiger partial charge in [0, 0.05) is 19.1 Å². The van der Waals surface area contributed by atoms with Crippen LogP contribution in [0.2, 0.25) is 0 Å². The number of rotatable bonds is 5. The molecule has 1 fully saturated rings. The minimum atomic E-state index is 0.287. The third-order valence-electron chi connectivity index (χ3n) is 4.14. The molecule has 1 aliphatic carbocycles. The Bertz CT molecular complexity index is 468. The van der Waals surface area contributed by atoms with E-state index in [9.17, 15) is 0 Å². The second kappa shape index (κ2) is 5.43. The minimum Gasteiger partial charge on any atom is -0.388 e. The topological polar surface area (TPSA) is 45.4 Å². The summed E-state index contributed by atoms with van der Waals surface area (Å²) < 4.78 is 0. The number of likely N-dealkylation sites (N-methyl/N-ethyl adjacent to an activating group) is 2.